The lowest BCUT2D eigenvalue weighted by atomic mass is 10.3. The minimum atomic E-state index is -0.0363. The number of aromatic nitrogens is 1. The predicted molar refractivity (Wildman–Crippen MR) is 58.7 cm³/mol. The number of hydrogen-bond donors (Lipinski definition) is 0. The van der Waals surface area contributed by atoms with E-state index in [-0.39, 0.29) is 5.91 Å². The van der Waals surface area contributed by atoms with Gasteiger partial charge in [0, 0.05) is 23.8 Å². The number of amides is 1. The van der Waals surface area contributed by atoms with E-state index in [2.05, 4.69) is 20.9 Å². The molecule has 1 aromatic heterocycles. The summed E-state index contributed by atoms with van der Waals surface area (Å²) in [5.41, 5.74) is 0.472. The number of hydrogen-bond acceptors (Lipinski definition) is 3. The first-order chi connectivity index (χ1) is 7.29. The highest BCUT2D eigenvalue weighted by molar-refractivity contribution is 9.10. The van der Waals surface area contributed by atoms with Crippen molar-refractivity contribution >= 4 is 21.8 Å². The number of halogens is 1. The normalized spacial score (nSPS) is 16.5. The Morgan fingerprint density at radius 1 is 1.47 bits per heavy atom. The predicted octanol–water partition coefficient (Wildman–Crippen LogP) is 1.32. The number of carbonyl (C=O) groups is 1. The Bertz CT molecular complexity index is 364. The van der Waals surface area contributed by atoms with Gasteiger partial charge in [-0.1, -0.05) is 0 Å². The molecule has 15 heavy (non-hydrogen) atoms. The zero-order valence-corrected chi connectivity index (χ0v) is 9.74. The molecule has 0 bridgehead atoms. The van der Waals surface area contributed by atoms with Crippen molar-refractivity contribution in [2.24, 2.45) is 0 Å². The highest BCUT2D eigenvalue weighted by Gasteiger charge is 2.21. The third kappa shape index (κ3) is 2.35. The number of morpholine rings is 1. The summed E-state index contributed by atoms with van der Waals surface area (Å²) < 4.78 is 5.93. The third-order valence-corrected chi connectivity index (χ3v) is 2.90. The molecular formula is C10H11BrN2O2. The van der Waals surface area contributed by atoms with Crippen LogP contribution < -0.4 is 0 Å². The summed E-state index contributed by atoms with van der Waals surface area (Å²) in [5, 5.41) is 0. The standard InChI is InChI=1S/C10H11BrN2O2/c11-8-2-1-3-12-9(8)10(14)13-4-6-15-7-5-13/h1-3H,4-7H2. The first kappa shape index (κ1) is 10.6. The Morgan fingerprint density at radius 2 is 2.20 bits per heavy atom. The molecule has 4 nitrogen and oxygen atoms in total. The van der Waals surface area contributed by atoms with E-state index in [1.54, 1.807) is 17.2 Å². The Labute approximate surface area is 96.4 Å². The number of ether oxygens (including phenoxy) is 1. The van der Waals surface area contributed by atoms with Crippen molar-refractivity contribution in [2.75, 3.05) is 26.3 Å². The van der Waals surface area contributed by atoms with Crippen molar-refractivity contribution in [3.05, 3.63) is 28.5 Å². The van der Waals surface area contributed by atoms with E-state index >= 15 is 0 Å². The van der Waals surface area contributed by atoms with Crippen molar-refractivity contribution in [3.63, 3.8) is 0 Å². The van der Waals surface area contributed by atoms with Gasteiger partial charge < -0.3 is 9.64 Å². The molecule has 2 heterocycles. The fourth-order valence-corrected chi connectivity index (χ4v) is 1.88. The van der Waals surface area contributed by atoms with Crippen LogP contribution in [0.5, 0.6) is 0 Å². The van der Waals surface area contributed by atoms with E-state index in [4.69, 9.17) is 4.74 Å². The minimum Gasteiger partial charge on any atom is -0.378 e. The molecule has 80 valence electrons. The lowest BCUT2D eigenvalue weighted by molar-refractivity contribution is 0.0298. The molecule has 0 saturated carbocycles. The fraction of sp³-hybridized carbons (Fsp3) is 0.400. The monoisotopic (exact) mass is 270 g/mol. The van der Waals surface area contributed by atoms with Gasteiger partial charge in [0.05, 0.1) is 13.2 Å². The van der Waals surface area contributed by atoms with E-state index in [9.17, 15) is 4.79 Å². The maximum absolute atomic E-state index is 12.0. The average molecular weight is 271 g/mol. The van der Waals surface area contributed by atoms with Crippen molar-refractivity contribution in [2.45, 2.75) is 0 Å². The summed E-state index contributed by atoms with van der Waals surface area (Å²) in [7, 11) is 0. The highest BCUT2D eigenvalue weighted by Crippen LogP contribution is 2.15. The molecule has 1 amide bonds. The molecule has 1 saturated heterocycles. The average Bonchev–Trinajstić information content (AvgIpc) is 2.30. The van der Waals surface area contributed by atoms with Crippen LogP contribution in [0.2, 0.25) is 0 Å². The lowest BCUT2D eigenvalue weighted by Gasteiger charge is -2.26. The van der Waals surface area contributed by atoms with Gasteiger partial charge in [-0.3, -0.25) is 4.79 Å². The van der Waals surface area contributed by atoms with E-state index in [1.807, 2.05) is 6.07 Å². The van der Waals surface area contributed by atoms with Crippen LogP contribution in [0.4, 0.5) is 0 Å². The number of nitrogens with zero attached hydrogens (tertiary/aromatic N) is 2. The molecule has 0 atom stereocenters. The van der Waals surface area contributed by atoms with Gasteiger partial charge in [-0.15, -0.1) is 0 Å². The Morgan fingerprint density at radius 3 is 2.87 bits per heavy atom. The van der Waals surface area contributed by atoms with Crippen LogP contribution in [-0.4, -0.2) is 42.1 Å². The Balaban J connectivity index is 2.16. The molecule has 0 aliphatic carbocycles. The van der Waals surface area contributed by atoms with Crippen molar-refractivity contribution < 1.29 is 9.53 Å². The summed E-state index contributed by atoms with van der Waals surface area (Å²) in [6.45, 7) is 2.50. The van der Waals surface area contributed by atoms with Gasteiger partial charge in [0.2, 0.25) is 0 Å². The number of pyridine rings is 1. The second-order valence-corrected chi connectivity index (χ2v) is 4.09. The molecular weight excluding hydrogens is 260 g/mol. The number of rotatable bonds is 1. The SMILES string of the molecule is O=C(c1ncccc1Br)N1CCOCC1. The van der Waals surface area contributed by atoms with Crippen LogP contribution >= 0.6 is 15.9 Å². The maximum Gasteiger partial charge on any atom is 0.273 e. The molecule has 1 aromatic rings. The summed E-state index contributed by atoms with van der Waals surface area (Å²) in [6.07, 6.45) is 1.62. The van der Waals surface area contributed by atoms with Crippen molar-refractivity contribution in [1.29, 1.82) is 0 Å². The van der Waals surface area contributed by atoms with Crippen LogP contribution in [0.25, 0.3) is 0 Å². The van der Waals surface area contributed by atoms with E-state index in [1.165, 1.54) is 0 Å². The van der Waals surface area contributed by atoms with Crippen LogP contribution in [-0.2, 0) is 4.74 Å². The van der Waals surface area contributed by atoms with Gasteiger partial charge in [0.25, 0.3) is 5.91 Å². The molecule has 0 N–H and O–H groups in total. The molecule has 0 aromatic carbocycles. The Hall–Kier alpha value is -0.940. The van der Waals surface area contributed by atoms with Gasteiger partial charge in [0.15, 0.2) is 0 Å². The van der Waals surface area contributed by atoms with Crippen LogP contribution in [0.15, 0.2) is 22.8 Å². The summed E-state index contributed by atoms with van der Waals surface area (Å²) in [6, 6.07) is 3.61. The number of carbonyl (C=O) groups excluding carboxylic acids is 1. The van der Waals surface area contributed by atoms with E-state index < -0.39 is 0 Å². The third-order valence-electron chi connectivity index (χ3n) is 2.26. The zero-order chi connectivity index (χ0) is 10.7. The van der Waals surface area contributed by atoms with Crippen LogP contribution in [0.3, 0.4) is 0 Å². The summed E-state index contributed by atoms with van der Waals surface area (Å²) >= 11 is 3.32. The minimum absolute atomic E-state index is 0.0363. The second-order valence-electron chi connectivity index (χ2n) is 3.24. The first-order valence-electron chi connectivity index (χ1n) is 4.76. The smallest absolute Gasteiger partial charge is 0.273 e. The first-order valence-corrected chi connectivity index (χ1v) is 5.56. The van der Waals surface area contributed by atoms with E-state index in [0.29, 0.717) is 32.0 Å². The summed E-state index contributed by atoms with van der Waals surface area (Å²) in [4.78, 5) is 17.8. The maximum atomic E-state index is 12.0. The molecule has 0 unspecified atom stereocenters. The lowest BCUT2D eigenvalue weighted by Crippen LogP contribution is -2.41. The molecule has 5 heteroatoms. The van der Waals surface area contributed by atoms with Crippen molar-refractivity contribution in [1.82, 2.24) is 9.88 Å². The molecule has 1 aliphatic rings. The molecule has 1 aliphatic heterocycles. The fourth-order valence-electron chi connectivity index (χ4n) is 1.46. The van der Waals surface area contributed by atoms with E-state index in [0.717, 1.165) is 4.47 Å². The van der Waals surface area contributed by atoms with Gasteiger partial charge in [-0.2, -0.15) is 0 Å². The van der Waals surface area contributed by atoms with Gasteiger partial charge >= 0.3 is 0 Å². The quantitative estimate of drug-likeness (QED) is 0.773. The second kappa shape index (κ2) is 4.72. The topological polar surface area (TPSA) is 42.4 Å². The van der Waals surface area contributed by atoms with Gasteiger partial charge in [-0.05, 0) is 28.1 Å². The van der Waals surface area contributed by atoms with Gasteiger partial charge in [0.1, 0.15) is 5.69 Å². The van der Waals surface area contributed by atoms with Gasteiger partial charge in [-0.25, -0.2) is 4.98 Å². The molecule has 2 rings (SSSR count). The van der Waals surface area contributed by atoms with Crippen LogP contribution in [0.1, 0.15) is 10.5 Å². The van der Waals surface area contributed by atoms with Crippen LogP contribution in [0, 0.1) is 0 Å². The summed E-state index contributed by atoms with van der Waals surface area (Å²) in [5.74, 6) is -0.0363. The molecule has 1 fully saturated rings. The van der Waals surface area contributed by atoms with Crippen molar-refractivity contribution in [3.8, 4) is 0 Å². The largest absolute Gasteiger partial charge is 0.378 e. The highest BCUT2D eigenvalue weighted by atomic mass is 79.9. The zero-order valence-electron chi connectivity index (χ0n) is 8.15. The molecule has 0 radical (unpaired) electrons. The molecule has 0 spiro atoms. The Kier molecular flexibility index (Phi) is 3.33.